The second-order valence-corrected chi connectivity index (χ2v) is 4.09. The van der Waals surface area contributed by atoms with E-state index in [0.717, 1.165) is 24.9 Å². The number of ether oxygens (including phenoxy) is 1. The average molecular weight is 212 g/mol. The van der Waals surface area contributed by atoms with Crippen LogP contribution in [0.4, 0.5) is 0 Å². The Labute approximate surface area is 93.8 Å². The third-order valence-electron chi connectivity index (χ3n) is 3.11. The molecule has 1 aliphatic heterocycles. The third-order valence-corrected chi connectivity index (χ3v) is 3.11. The van der Waals surface area contributed by atoms with E-state index in [1.807, 2.05) is 24.3 Å². The smallest absolute Gasteiger partial charge is 0.160 e. The molecule has 1 aliphatic rings. The van der Waals surface area contributed by atoms with Crippen molar-refractivity contribution in [1.29, 1.82) is 0 Å². The van der Waals surface area contributed by atoms with Crippen molar-refractivity contribution in [3.05, 3.63) is 42.0 Å². The maximum atomic E-state index is 10.7. The highest BCUT2D eigenvalue weighted by atomic mass is 16.5. The number of hydrogen-bond acceptors (Lipinski definition) is 2. The molecule has 2 aromatic rings. The molecule has 2 aromatic carbocycles. The zero-order valence-electron chi connectivity index (χ0n) is 8.85. The molecule has 1 heterocycles. The van der Waals surface area contributed by atoms with Gasteiger partial charge in [-0.2, -0.15) is 0 Å². The first-order chi connectivity index (χ1) is 7.88. The van der Waals surface area contributed by atoms with Crippen LogP contribution in [0.5, 0.6) is 5.75 Å². The summed E-state index contributed by atoms with van der Waals surface area (Å²) < 4.78 is 5.62. The molecule has 2 heteroatoms. The van der Waals surface area contributed by atoms with Crippen LogP contribution < -0.4 is 4.74 Å². The monoisotopic (exact) mass is 212 g/mol. The van der Waals surface area contributed by atoms with Gasteiger partial charge in [0.25, 0.3) is 0 Å². The van der Waals surface area contributed by atoms with Crippen LogP contribution in [0.15, 0.2) is 36.4 Å². The minimum absolute atomic E-state index is 0.270. The lowest BCUT2D eigenvalue weighted by atomic mass is 9.96. The number of carbonyl (C=O) groups is 1. The number of benzene rings is 2. The maximum absolute atomic E-state index is 10.7. The highest BCUT2D eigenvalue weighted by Crippen LogP contribution is 2.33. The molecule has 1 unspecified atom stereocenters. The van der Waals surface area contributed by atoms with Crippen LogP contribution in [0.1, 0.15) is 12.0 Å². The minimum atomic E-state index is -0.270. The van der Waals surface area contributed by atoms with Crippen LogP contribution in [0.2, 0.25) is 0 Å². The van der Waals surface area contributed by atoms with Crippen LogP contribution >= 0.6 is 0 Å². The maximum Gasteiger partial charge on any atom is 0.160 e. The average Bonchev–Trinajstić information content (AvgIpc) is 2.38. The number of hydrogen-bond donors (Lipinski definition) is 0. The number of rotatable bonds is 1. The molecule has 0 N–H and O–H groups in total. The molecule has 0 saturated carbocycles. The predicted octanol–water partition coefficient (Wildman–Crippen LogP) is 2.73. The Kier molecular flexibility index (Phi) is 2.13. The summed E-state index contributed by atoms with van der Waals surface area (Å²) >= 11 is 0. The van der Waals surface area contributed by atoms with Gasteiger partial charge in [0, 0.05) is 5.56 Å². The lowest BCUT2D eigenvalue weighted by molar-refractivity contribution is -0.114. The normalized spacial score (nSPS) is 18.9. The lowest BCUT2D eigenvalue weighted by Crippen LogP contribution is -2.23. The SMILES string of the molecule is O=CC1CCc2c(ccc3ccccc23)O1. The molecule has 3 rings (SSSR count). The van der Waals surface area contributed by atoms with E-state index < -0.39 is 0 Å². The van der Waals surface area contributed by atoms with Gasteiger partial charge in [-0.15, -0.1) is 0 Å². The van der Waals surface area contributed by atoms with E-state index in [1.165, 1.54) is 16.3 Å². The molecular weight excluding hydrogens is 200 g/mol. The molecule has 0 aromatic heterocycles. The van der Waals surface area contributed by atoms with E-state index in [1.54, 1.807) is 0 Å². The summed E-state index contributed by atoms with van der Waals surface area (Å²) in [5, 5.41) is 2.47. The second-order valence-electron chi connectivity index (χ2n) is 4.09. The van der Waals surface area contributed by atoms with Gasteiger partial charge in [0.1, 0.15) is 5.75 Å². The van der Waals surface area contributed by atoms with Crippen molar-refractivity contribution in [2.75, 3.05) is 0 Å². The van der Waals surface area contributed by atoms with E-state index in [0.29, 0.717) is 0 Å². The van der Waals surface area contributed by atoms with Crippen molar-refractivity contribution >= 4 is 17.1 Å². The van der Waals surface area contributed by atoms with Crippen molar-refractivity contribution in [2.45, 2.75) is 18.9 Å². The van der Waals surface area contributed by atoms with Gasteiger partial charge in [0.2, 0.25) is 0 Å². The first-order valence-corrected chi connectivity index (χ1v) is 5.51. The molecule has 1 atom stereocenters. The van der Waals surface area contributed by atoms with Crippen molar-refractivity contribution in [1.82, 2.24) is 0 Å². The van der Waals surface area contributed by atoms with E-state index in [-0.39, 0.29) is 6.10 Å². The molecule has 0 saturated heterocycles. The first kappa shape index (κ1) is 9.40. The molecule has 16 heavy (non-hydrogen) atoms. The Bertz CT molecular complexity index is 545. The van der Waals surface area contributed by atoms with Gasteiger partial charge in [0.15, 0.2) is 12.4 Å². The number of fused-ring (bicyclic) bond motifs is 3. The second kappa shape index (κ2) is 3.63. The quantitative estimate of drug-likeness (QED) is 0.679. The van der Waals surface area contributed by atoms with Crippen LogP contribution in [-0.4, -0.2) is 12.4 Å². The van der Waals surface area contributed by atoms with Crippen LogP contribution in [-0.2, 0) is 11.2 Å². The van der Waals surface area contributed by atoms with E-state index in [9.17, 15) is 4.79 Å². The molecule has 0 bridgehead atoms. The predicted molar refractivity (Wildman–Crippen MR) is 62.7 cm³/mol. The topological polar surface area (TPSA) is 26.3 Å². The molecule has 0 radical (unpaired) electrons. The summed E-state index contributed by atoms with van der Waals surface area (Å²) in [7, 11) is 0. The first-order valence-electron chi connectivity index (χ1n) is 5.51. The zero-order chi connectivity index (χ0) is 11.0. The Morgan fingerprint density at radius 3 is 2.94 bits per heavy atom. The molecule has 0 fully saturated rings. The summed E-state index contributed by atoms with van der Waals surface area (Å²) in [6.45, 7) is 0. The zero-order valence-corrected chi connectivity index (χ0v) is 8.85. The van der Waals surface area contributed by atoms with Gasteiger partial charge in [-0.25, -0.2) is 0 Å². The Morgan fingerprint density at radius 2 is 2.06 bits per heavy atom. The summed E-state index contributed by atoms with van der Waals surface area (Å²) in [6, 6.07) is 12.3. The van der Waals surface area contributed by atoms with Crippen molar-refractivity contribution in [2.24, 2.45) is 0 Å². The van der Waals surface area contributed by atoms with E-state index >= 15 is 0 Å². The van der Waals surface area contributed by atoms with Gasteiger partial charge in [0.05, 0.1) is 0 Å². The number of aldehydes is 1. The molecule has 80 valence electrons. The van der Waals surface area contributed by atoms with Crippen LogP contribution in [0.25, 0.3) is 10.8 Å². The molecule has 2 nitrogen and oxygen atoms in total. The van der Waals surface area contributed by atoms with Crippen molar-refractivity contribution in [3.63, 3.8) is 0 Å². The number of aryl methyl sites for hydroxylation is 1. The highest BCUT2D eigenvalue weighted by Gasteiger charge is 2.20. The molecular formula is C14H12O2. The summed E-state index contributed by atoms with van der Waals surface area (Å²) in [5.41, 5.74) is 1.23. The van der Waals surface area contributed by atoms with Crippen LogP contribution in [0.3, 0.4) is 0 Å². The van der Waals surface area contributed by atoms with E-state index in [4.69, 9.17) is 4.74 Å². The Morgan fingerprint density at radius 1 is 1.19 bits per heavy atom. The fraction of sp³-hybridized carbons (Fsp3) is 0.214. The Hall–Kier alpha value is -1.83. The molecule has 0 amide bonds. The summed E-state index contributed by atoms with van der Waals surface area (Å²) in [5.74, 6) is 0.863. The molecule has 0 aliphatic carbocycles. The number of carbonyl (C=O) groups excluding carboxylic acids is 1. The standard InChI is InChI=1S/C14H12O2/c15-9-11-6-7-13-12-4-2-1-3-10(12)5-8-14(13)16-11/h1-5,8-9,11H,6-7H2. The fourth-order valence-electron chi connectivity index (χ4n) is 2.29. The van der Waals surface area contributed by atoms with E-state index in [2.05, 4.69) is 12.1 Å². The fourth-order valence-corrected chi connectivity index (χ4v) is 2.29. The van der Waals surface area contributed by atoms with Gasteiger partial charge < -0.3 is 4.74 Å². The van der Waals surface area contributed by atoms with Crippen molar-refractivity contribution in [3.8, 4) is 5.75 Å². The highest BCUT2D eigenvalue weighted by molar-refractivity contribution is 5.88. The summed E-state index contributed by atoms with van der Waals surface area (Å²) in [6.07, 6.45) is 2.32. The van der Waals surface area contributed by atoms with Gasteiger partial charge in [-0.1, -0.05) is 30.3 Å². The molecule has 0 spiro atoms. The third kappa shape index (κ3) is 1.38. The lowest BCUT2D eigenvalue weighted by Gasteiger charge is -2.23. The minimum Gasteiger partial charge on any atom is -0.483 e. The summed E-state index contributed by atoms with van der Waals surface area (Å²) in [4.78, 5) is 10.7. The Balaban J connectivity index is 2.17. The van der Waals surface area contributed by atoms with Gasteiger partial charge >= 0.3 is 0 Å². The largest absolute Gasteiger partial charge is 0.483 e. The van der Waals surface area contributed by atoms with Crippen molar-refractivity contribution < 1.29 is 9.53 Å². The van der Waals surface area contributed by atoms with Crippen LogP contribution in [0, 0.1) is 0 Å². The van der Waals surface area contributed by atoms with Gasteiger partial charge in [-0.3, -0.25) is 4.79 Å². The van der Waals surface area contributed by atoms with Gasteiger partial charge in [-0.05, 0) is 29.7 Å².